The molecule has 1 aromatic heterocycles. The van der Waals surface area contributed by atoms with Gasteiger partial charge in [-0.05, 0) is 30.2 Å². The topological polar surface area (TPSA) is 30.0 Å². The first-order valence-corrected chi connectivity index (χ1v) is 6.99. The van der Waals surface area contributed by atoms with Crippen molar-refractivity contribution in [2.24, 2.45) is 5.92 Å². The van der Waals surface area contributed by atoms with Crippen LogP contribution >= 0.6 is 11.8 Å². The number of rotatable bonds is 4. The molecule has 0 spiro atoms. The van der Waals surface area contributed by atoms with Crippen LogP contribution in [0.2, 0.25) is 0 Å². The molecule has 1 unspecified atom stereocenters. The van der Waals surface area contributed by atoms with Gasteiger partial charge in [-0.15, -0.1) is 0 Å². The minimum atomic E-state index is 0.276. The zero-order chi connectivity index (χ0) is 11.4. The van der Waals surface area contributed by atoms with Gasteiger partial charge in [0.05, 0.1) is 0 Å². The van der Waals surface area contributed by atoms with Gasteiger partial charge in [-0.25, -0.2) is 0 Å². The number of thioether (sulfide) groups is 1. The number of aryl methyl sites for hydroxylation is 1. The highest BCUT2D eigenvalue weighted by molar-refractivity contribution is 7.99. The van der Waals surface area contributed by atoms with Gasteiger partial charge >= 0.3 is 0 Å². The molecule has 16 heavy (non-hydrogen) atoms. The van der Waals surface area contributed by atoms with E-state index in [1.165, 1.54) is 5.56 Å². The fraction of sp³-hybridized carbons (Fsp3) is 0.538. The fourth-order valence-electron chi connectivity index (χ4n) is 1.88. The van der Waals surface area contributed by atoms with Crippen LogP contribution in [0.4, 0.5) is 0 Å². The molecule has 0 N–H and O–H groups in total. The molecule has 2 rings (SSSR count). The third kappa shape index (κ3) is 2.85. The van der Waals surface area contributed by atoms with Gasteiger partial charge in [-0.1, -0.05) is 13.0 Å². The highest BCUT2D eigenvalue weighted by atomic mass is 32.2. The maximum absolute atomic E-state index is 11.9. The Morgan fingerprint density at radius 3 is 3.00 bits per heavy atom. The summed E-state index contributed by atoms with van der Waals surface area (Å²) in [4.78, 5) is 16.2. The summed E-state index contributed by atoms with van der Waals surface area (Å²) >= 11 is 1.89. The molecular weight excluding hydrogens is 218 g/mol. The van der Waals surface area contributed by atoms with Gasteiger partial charge in [0.2, 0.25) is 0 Å². The van der Waals surface area contributed by atoms with Crippen molar-refractivity contribution < 1.29 is 4.79 Å². The maximum Gasteiger partial charge on any atom is 0.142 e. The van der Waals surface area contributed by atoms with E-state index >= 15 is 0 Å². The van der Waals surface area contributed by atoms with Crippen LogP contribution in [0.3, 0.4) is 0 Å². The van der Waals surface area contributed by atoms with Gasteiger partial charge in [0, 0.05) is 30.0 Å². The third-order valence-corrected chi connectivity index (χ3v) is 4.20. The van der Waals surface area contributed by atoms with Crippen molar-refractivity contribution in [3.05, 3.63) is 29.6 Å². The molecule has 0 radical (unpaired) electrons. The van der Waals surface area contributed by atoms with Gasteiger partial charge in [0.25, 0.3) is 0 Å². The maximum atomic E-state index is 11.9. The lowest BCUT2D eigenvalue weighted by Gasteiger charge is -2.06. The average molecular weight is 235 g/mol. The molecule has 1 aliphatic rings. The van der Waals surface area contributed by atoms with Crippen LogP contribution in [0.15, 0.2) is 18.3 Å². The van der Waals surface area contributed by atoms with Crippen molar-refractivity contribution in [1.82, 2.24) is 4.98 Å². The SMILES string of the molecule is CCc1ccc(CC(=O)C2CCSC2)nc1. The summed E-state index contributed by atoms with van der Waals surface area (Å²) in [5.74, 6) is 2.78. The number of hydrogen-bond donors (Lipinski definition) is 0. The molecule has 2 heterocycles. The number of nitrogens with zero attached hydrogens (tertiary/aromatic N) is 1. The number of Topliss-reactive ketones (excluding diaryl/α,β-unsaturated/α-hetero) is 1. The second kappa shape index (κ2) is 5.48. The van der Waals surface area contributed by atoms with Crippen LogP contribution in [0.5, 0.6) is 0 Å². The number of ketones is 1. The summed E-state index contributed by atoms with van der Waals surface area (Å²) in [5.41, 5.74) is 2.15. The van der Waals surface area contributed by atoms with E-state index in [1.54, 1.807) is 0 Å². The number of hydrogen-bond acceptors (Lipinski definition) is 3. The van der Waals surface area contributed by atoms with Gasteiger partial charge in [0.1, 0.15) is 5.78 Å². The molecule has 1 aliphatic heterocycles. The minimum absolute atomic E-state index is 0.276. The first kappa shape index (κ1) is 11.6. The van der Waals surface area contributed by atoms with E-state index in [0.29, 0.717) is 12.2 Å². The Hall–Kier alpha value is -0.830. The summed E-state index contributed by atoms with van der Waals surface area (Å²) in [5, 5.41) is 0. The van der Waals surface area contributed by atoms with E-state index in [9.17, 15) is 4.79 Å². The molecule has 1 saturated heterocycles. The Balaban J connectivity index is 1.94. The van der Waals surface area contributed by atoms with Crippen LogP contribution in [0.25, 0.3) is 0 Å². The van der Waals surface area contributed by atoms with E-state index in [-0.39, 0.29) is 5.92 Å². The Kier molecular flexibility index (Phi) is 3.99. The Morgan fingerprint density at radius 2 is 2.44 bits per heavy atom. The second-order valence-electron chi connectivity index (χ2n) is 4.21. The second-order valence-corrected chi connectivity index (χ2v) is 5.36. The smallest absolute Gasteiger partial charge is 0.142 e. The zero-order valence-corrected chi connectivity index (χ0v) is 10.4. The Morgan fingerprint density at radius 1 is 1.56 bits per heavy atom. The van der Waals surface area contributed by atoms with Crippen molar-refractivity contribution in [1.29, 1.82) is 0 Å². The molecule has 0 bridgehead atoms. The zero-order valence-electron chi connectivity index (χ0n) is 9.61. The van der Waals surface area contributed by atoms with Gasteiger partial charge in [-0.2, -0.15) is 11.8 Å². The van der Waals surface area contributed by atoms with Crippen LogP contribution in [0, 0.1) is 5.92 Å². The molecule has 86 valence electrons. The lowest BCUT2D eigenvalue weighted by molar-refractivity contribution is -0.121. The van der Waals surface area contributed by atoms with E-state index in [2.05, 4.69) is 18.0 Å². The van der Waals surface area contributed by atoms with Gasteiger partial charge < -0.3 is 0 Å². The highest BCUT2D eigenvalue weighted by Gasteiger charge is 2.23. The molecule has 0 saturated carbocycles. The van der Waals surface area contributed by atoms with Crippen molar-refractivity contribution >= 4 is 17.5 Å². The Bertz CT molecular complexity index is 355. The fourth-order valence-corrected chi connectivity index (χ4v) is 3.14. The van der Waals surface area contributed by atoms with Gasteiger partial charge in [0.15, 0.2) is 0 Å². The number of pyridine rings is 1. The predicted octanol–water partition coefficient (Wildman–Crippen LogP) is 2.51. The molecule has 1 fully saturated rings. The highest BCUT2D eigenvalue weighted by Crippen LogP contribution is 2.24. The summed E-state index contributed by atoms with van der Waals surface area (Å²) in [7, 11) is 0. The first-order valence-electron chi connectivity index (χ1n) is 5.84. The molecule has 0 amide bonds. The van der Waals surface area contributed by atoms with Crippen molar-refractivity contribution in [3.8, 4) is 0 Å². The largest absolute Gasteiger partial charge is 0.299 e. The average Bonchev–Trinajstić information content (AvgIpc) is 2.83. The third-order valence-electron chi connectivity index (χ3n) is 3.03. The summed E-state index contributed by atoms with van der Waals surface area (Å²) in [6, 6.07) is 4.05. The molecular formula is C13H17NOS. The summed E-state index contributed by atoms with van der Waals surface area (Å²) < 4.78 is 0. The molecule has 3 heteroatoms. The summed E-state index contributed by atoms with van der Waals surface area (Å²) in [6.45, 7) is 2.11. The minimum Gasteiger partial charge on any atom is -0.299 e. The molecule has 0 aromatic carbocycles. The number of aromatic nitrogens is 1. The Labute approximate surface area is 101 Å². The first-order chi connectivity index (χ1) is 7.79. The molecule has 1 atom stereocenters. The molecule has 0 aliphatic carbocycles. The van der Waals surface area contributed by atoms with Crippen molar-refractivity contribution in [3.63, 3.8) is 0 Å². The molecule has 1 aromatic rings. The van der Waals surface area contributed by atoms with Crippen LogP contribution in [-0.2, 0) is 17.6 Å². The van der Waals surface area contributed by atoms with Crippen molar-refractivity contribution in [2.45, 2.75) is 26.2 Å². The van der Waals surface area contributed by atoms with E-state index < -0.39 is 0 Å². The van der Waals surface area contributed by atoms with E-state index in [4.69, 9.17) is 0 Å². The number of carbonyl (C=O) groups is 1. The predicted molar refractivity (Wildman–Crippen MR) is 67.8 cm³/mol. The monoisotopic (exact) mass is 235 g/mol. The van der Waals surface area contributed by atoms with Crippen LogP contribution < -0.4 is 0 Å². The quantitative estimate of drug-likeness (QED) is 0.803. The molecule has 2 nitrogen and oxygen atoms in total. The lowest BCUT2D eigenvalue weighted by atomic mass is 9.99. The lowest BCUT2D eigenvalue weighted by Crippen LogP contribution is -2.16. The summed E-state index contributed by atoms with van der Waals surface area (Å²) in [6.07, 6.45) is 4.44. The van der Waals surface area contributed by atoms with Gasteiger partial charge in [-0.3, -0.25) is 9.78 Å². The van der Waals surface area contributed by atoms with Crippen LogP contribution in [-0.4, -0.2) is 22.3 Å². The van der Waals surface area contributed by atoms with E-state index in [1.807, 2.05) is 24.0 Å². The van der Waals surface area contributed by atoms with E-state index in [0.717, 1.165) is 30.0 Å². The van der Waals surface area contributed by atoms with Crippen LogP contribution in [0.1, 0.15) is 24.6 Å². The standard InChI is InChI=1S/C13H17NOS/c1-2-10-3-4-12(14-8-10)7-13(15)11-5-6-16-9-11/h3-4,8,11H,2,5-7,9H2,1H3. The van der Waals surface area contributed by atoms with Crippen molar-refractivity contribution in [2.75, 3.05) is 11.5 Å². The number of carbonyl (C=O) groups excluding carboxylic acids is 1. The normalized spacial score (nSPS) is 19.9.